The molecule has 0 aromatic rings. The Kier molecular flexibility index (Phi) is 99.1. The maximum atomic E-state index is 0. The molecule has 0 atom stereocenters. The smallest absolute Gasteiger partial charge is 1.00 e. The van der Waals surface area contributed by atoms with Crippen LogP contribution in [0.25, 0.3) is 0 Å². The first-order valence-electron chi connectivity index (χ1n) is 0. The van der Waals surface area contributed by atoms with E-state index in [9.17, 15) is 0 Å². The normalized spacial score (nSPS) is 0. The van der Waals surface area contributed by atoms with Gasteiger partial charge in [0.25, 0.3) is 0 Å². The molecule has 0 heterocycles. The second-order valence-corrected chi connectivity index (χ2v) is 0. The van der Waals surface area contributed by atoms with Crippen LogP contribution in [0.2, 0.25) is 0 Å². The van der Waals surface area contributed by atoms with Crippen molar-refractivity contribution in [2.45, 2.75) is 0 Å². The Balaban J connectivity index is 0. The van der Waals surface area contributed by atoms with Crippen molar-refractivity contribution in [1.29, 1.82) is 0 Å². The van der Waals surface area contributed by atoms with E-state index in [0.717, 1.165) is 0 Å². The van der Waals surface area contributed by atoms with Crippen LogP contribution in [0.4, 0.5) is 0 Å². The molecule has 0 fully saturated rings. The van der Waals surface area contributed by atoms with E-state index in [2.05, 4.69) is 0 Å². The summed E-state index contributed by atoms with van der Waals surface area (Å²) >= 11 is 0. The second-order valence-electron chi connectivity index (χ2n) is 0. The minimum absolute atomic E-state index is 0. The minimum Gasteiger partial charge on any atom is -1.00 e. The van der Waals surface area contributed by atoms with Crippen molar-refractivity contribution < 1.29 is 55.7 Å². The molecular formula is H5BaCl2K. The van der Waals surface area contributed by atoms with Gasteiger partial charge in [-0.1, -0.05) is 0 Å². The van der Waals surface area contributed by atoms with Gasteiger partial charge in [-0.15, -0.1) is 24.8 Å². The van der Waals surface area contributed by atoms with Crippen molar-refractivity contribution in [3.05, 3.63) is 0 Å². The fourth-order valence-electron chi connectivity index (χ4n) is 0. The third kappa shape index (κ3) is 9.25. The minimum atomic E-state index is 0. The van der Waals surface area contributed by atoms with Crippen molar-refractivity contribution in [3.8, 4) is 0 Å². The van der Waals surface area contributed by atoms with Crippen LogP contribution in [0.3, 0.4) is 0 Å². The Morgan fingerprint density at radius 3 is 1.00 bits per heavy atom. The molecule has 22 valence electrons. The van der Waals surface area contributed by atoms with Crippen LogP contribution in [-0.4, -0.2) is 48.9 Å². The Bertz CT molecular complexity index is 12.9. The first-order chi connectivity index (χ1) is 0. The Morgan fingerprint density at radius 2 is 1.00 bits per heavy atom. The molecular weight excluding hydrogens is 247 g/mol. The van der Waals surface area contributed by atoms with Crippen LogP contribution in [0.15, 0.2) is 0 Å². The van der Waals surface area contributed by atoms with Crippen LogP contribution in [0.1, 0.15) is 4.28 Å². The monoisotopic (exact) mass is 252 g/mol. The summed E-state index contributed by atoms with van der Waals surface area (Å²) in [5, 5.41) is 0. The largest absolute Gasteiger partial charge is 2.00 e. The van der Waals surface area contributed by atoms with E-state index >= 15 is 0 Å². The number of hydrogen-bond donors (Lipinski definition) is 0. The van der Waals surface area contributed by atoms with Gasteiger partial charge in [0, 0.05) is 0 Å². The third-order valence-electron chi connectivity index (χ3n) is 0. The van der Waals surface area contributed by atoms with Gasteiger partial charge in [-0.05, 0) is 0 Å². The maximum Gasteiger partial charge on any atom is 2.00 e. The van der Waals surface area contributed by atoms with Crippen molar-refractivity contribution in [3.63, 3.8) is 0 Å². The molecule has 0 nitrogen and oxygen atoms in total. The van der Waals surface area contributed by atoms with E-state index in [1.165, 1.54) is 0 Å². The van der Waals surface area contributed by atoms with Gasteiger partial charge in [-0.25, -0.2) is 0 Å². The molecule has 0 saturated carbocycles. The molecule has 0 aliphatic carbocycles. The average molecular weight is 252 g/mol. The summed E-state index contributed by atoms with van der Waals surface area (Å²) < 4.78 is 0. The number of rotatable bonds is 0. The molecule has 0 rings (SSSR count). The zero-order valence-electron chi connectivity index (χ0n) is 5.52. The van der Waals surface area contributed by atoms with Gasteiger partial charge in [0.05, 0.1) is 0 Å². The summed E-state index contributed by atoms with van der Waals surface area (Å²) in [4.78, 5) is 0. The third-order valence-corrected chi connectivity index (χ3v) is 0. The van der Waals surface area contributed by atoms with E-state index in [4.69, 9.17) is 0 Å². The zero-order chi connectivity index (χ0) is 0. The zero-order valence-corrected chi connectivity index (χ0v) is 11.7. The van der Waals surface area contributed by atoms with Gasteiger partial charge >= 0.3 is 100 Å². The molecule has 0 N–H and O–H groups in total. The van der Waals surface area contributed by atoms with E-state index in [-0.39, 0.29) is 129 Å². The van der Waals surface area contributed by atoms with Gasteiger partial charge in [0.15, 0.2) is 0 Å². The Hall–Kier alpha value is 3.79. The van der Waals surface area contributed by atoms with Crippen molar-refractivity contribution in [2.24, 2.45) is 0 Å². The van der Waals surface area contributed by atoms with Crippen molar-refractivity contribution in [2.75, 3.05) is 0 Å². The summed E-state index contributed by atoms with van der Waals surface area (Å²) in [6.45, 7) is 0. The molecule has 0 unspecified atom stereocenters. The summed E-state index contributed by atoms with van der Waals surface area (Å²) in [6, 6.07) is 0. The average Bonchev–Trinajstić information content (AvgIpc) is 0. The molecule has 0 radical (unpaired) electrons. The molecule has 0 aromatic carbocycles. The van der Waals surface area contributed by atoms with Gasteiger partial charge in [-0.2, -0.15) is 0 Å². The van der Waals surface area contributed by atoms with Crippen LogP contribution in [0.5, 0.6) is 0 Å². The molecule has 0 saturated heterocycles. The molecule has 0 amide bonds. The first-order valence-corrected chi connectivity index (χ1v) is 0. The summed E-state index contributed by atoms with van der Waals surface area (Å²) in [5.74, 6) is 0. The van der Waals surface area contributed by atoms with Crippen LogP contribution in [-0.2, 0) is 0 Å². The predicted molar refractivity (Wildman–Crippen MR) is 23.6 cm³/mol. The van der Waals surface area contributed by atoms with Gasteiger partial charge in [0.1, 0.15) is 0 Å². The summed E-state index contributed by atoms with van der Waals surface area (Å²) in [7, 11) is 0. The van der Waals surface area contributed by atoms with E-state index in [1.54, 1.807) is 0 Å². The van der Waals surface area contributed by atoms with Crippen LogP contribution >= 0.6 is 24.8 Å². The number of hydrogen-bond acceptors (Lipinski definition) is 0. The molecule has 0 spiro atoms. The molecule has 0 aliphatic heterocycles. The fraction of sp³-hybridized carbons (Fsp3) is 0. The molecule has 0 aromatic heterocycles. The molecule has 4 heteroatoms. The quantitative estimate of drug-likeness (QED) is 0.430. The Morgan fingerprint density at radius 1 is 1.00 bits per heavy atom. The van der Waals surface area contributed by atoms with Crippen LogP contribution < -0.4 is 51.4 Å². The predicted octanol–water partition coefficient (Wildman–Crippen LogP) is -2.20. The Labute approximate surface area is 126 Å². The molecule has 0 aliphatic rings. The van der Waals surface area contributed by atoms with Gasteiger partial charge in [-0.3, -0.25) is 0 Å². The SMILES string of the molecule is Cl.Cl.[Ba+2].[H-].[H-].[H-].[K+]. The van der Waals surface area contributed by atoms with Crippen LogP contribution in [0, 0.1) is 0 Å². The van der Waals surface area contributed by atoms with Crippen molar-refractivity contribution >= 4 is 73.7 Å². The number of halogens is 2. The second kappa shape index (κ2) is 15.8. The van der Waals surface area contributed by atoms with E-state index < -0.39 is 0 Å². The summed E-state index contributed by atoms with van der Waals surface area (Å²) in [6.07, 6.45) is 0. The first kappa shape index (κ1) is 25.0. The van der Waals surface area contributed by atoms with Crippen molar-refractivity contribution in [1.82, 2.24) is 0 Å². The summed E-state index contributed by atoms with van der Waals surface area (Å²) in [5.41, 5.74) is 0. The topological polar surface area (TPSA) is 0 Å². The van der Waals surface area contributed by atoms with E-state index in [0.29, 0.717) is 0 Å². The standard InChI is InChI=1S/Ba.2ClH.K.3H/h;2*1H;;;;/q+2;;;+1;3*-1. The van der Waals surface area contributed by atoms with Gasteiger partial charge in [0.2, 0.25) is 0 Å². The van der Waals surface area contributed by atoms with Gasteiger partial charge < -0.3 is 4.28 Å². The molecule has 0 bridgehead atoms. The van der Waals surface area contributed by atoms with E-state index in [1.807, 2.05) is 0 Å². The fourth-order valence-corrected chi connectivity index (χ4v) is 0. The molecule has 4 heavy (non-hydrogen) atoms. The maximum absolute atomic E-state index is 0.